The first-order valence-corrected chi connectivity index (χ1v) is 6.13. The highest BCUT2D eigenvalue weighted by Crippen LogP contribution is 2.10. The molecule has 0 bridgehead atoms. The SMILES string of the molecule is Fc1cccc(CCCCc2ccccc2)c1. The van der Waals surface area contributed by atoms with Gasteiger partial charge in [-0.2, -0.15) is 0 Å². The highest BCUT2D eigenvalue weighted by Gasteiger charge is 1.96. The molecule has 1 heteroatoms. The number of hydrogen-bond acceptors (Lipinski definition) is 0. The van der Waals surface area contributed by atoms with E-state index in [0.717, 1.165) is 31.2 Å². The Morgan fingerprint density at radius 1 is 0.706 bits per heavy atom. The van der Waals surface area contributed by atoms with E-state index in [1.54, 1.807) is 12.1 Å². The third kappa shape index (κ3) is 4.03. The maximum Gasteiger partial charge on any atom is 0.123 e. The lowest BCUT2D eigenvalue weighted by atomic mass is 10.0. The van der Waals surface area contributed by atoms with E-state index in [1.807, 2.05) is 12.1 Å². The molecule has 0 unspecified atom stereocenters. The summed E-state index contributed by atoms with van der Waals surface area (Å²) >= 11 is 0. The lowest BCUT2D eigenvalue weighted by Gasteiger charge is -2.02. The van der Waals surface area contributed by atoms with Gasteiger partial charge in [-0.1, -0.05) is 42.5 Å². The van der Waals surface area contributed by atoms with Crippen LogP contribution in [0, 0.1) is 5.82 Å². The van der Waals surface area contributed by atoms with Crippen molar-refractivity contribution < 1.29 is 4.39 Å². The zero-order valence-electron chi connectivity index (χ0n) is 9.90. The average molecular weight is 228 g/mol. The van der Waals surface area contributed by atoms with Gasteiger partial charge in [-0.15, -0.1) is 0 Å². The van der Waals surface area contributed by atoms with Crippen LogP contribution in [0.4, 0.5) is 4.39 Å². The van der Waals surface area contributed by atoms with Crippen molar-refractivity contribution in [2.45, 2.75) is 25.7 Å². The second-order valence-corrected chi connectivity index (χ2v) is 4.32. The Labute approximate surface area is 102 Å². The maximum absolute atomic E-state index is 12.9. The minimum Gasteiger partial charge on any atom is -0.207 e. The molecule has 2 aromatic carbocycles. The Kier molecular flexibility index (Phi) is 4.31. The second-order valence-electron chi connectivity index (χ2n) is 4.32. The molecule has 0 aliphatic heterocycles. The molecule has 0 saturated heterocycles. The summed E-state index contributed by atoms with van der Waals surface area (Å²) in [4.78, 5) is 0. The fourth-order valence-electron chi connectivity index (χ4n) is 2.00. The number of halogens is 1. The Morgan fingerprint density at radius 2 is 1.35 bits per heavy atom. The summed E-state index contributed by atoms with van der Waals surface area (Å²) in [6.45, 7) is 0. The van der Waals surface area contributed by atoms with Crippen LogP contribution in [0.5, 0.6) is 0 Å². The first-order valence-electron chi connectivity index (χ1n) is 6.13. The van der Waals surface area contributed by atoms with Crippen molar-refractivity contribution in [1.29, 1.82) is 0 Å². The van der Waals surface area contributed by atoms with Gasteiger partial charge in [-0.3, -0.25) is 0 Å². The van der Waals surface area contributed by atoms with Crippen LogP contribution in [0.15, 0.2) is 54.6 Å². The van der Waals surface area contributed by atoms with Gasteiger partial charge in [0.05, 0.1) is 0 Å². The van der Waals surface area contributed by atoms with Crippen LogP contribution in [0.25, 0.3) is 0 Å². The van der Waals surface area contributed by atoms with Crippen LogP contribution in [0.2, 0.25) is 0 Å². The normalized spacial score (nSPS) is 10.4. The minimum absolute atomic E-state index is 0.134. The Bertz CT molecular complexity index is 448. The monoisotopic (exact) mass is 228 g/mol. The molecule has 0 aromatic heterocycles. The molecule has 0 nitrogen and oxygen atoms in total. The first-order chi connectivity index (χ1) is 8.34. The van der Waals surface area contributed by atoms with E-state index < -0.39 is 0 Å². The van der Waals surface area contributed by atoms with Gasteiger partial charge in [0.2, 0.25) is 0 Å². The third-order valence-electron chi connectivity index (χ3n) is 2.91. The third-order valence-corrected chi connectivity index (χ3v) is 2.91. The van der Waals surface area contributed by atoms with Crippen LogP contribution in [-0.2, 0) is 12.8 Å². The molecule has 0 saturated carbocycles. The fourth-order valence-corrected chi connectivity index (χ4v) is 2.00. The Hall–Kier alpha value is -1.63. The van der Waals surface area contributed by atoms with Crippen LogP contribution in [0.3, 0.4) is 0 Å². The second kappa shape index (κ2) is 6.19. The number of benzene rings is 2. The molecule has 88 valence electrons. The van der Waals surface area contributed by atoms with Crippen LogP contribution < -0.4 is 0 Å². The van der Waals surface area contributed by atoms with E-state index in [9.17, 15) is 4.39 Å². The highest BCUT2D eigenvalue weighted by atomic mass is 19.1. The molecule has 17 heavy (non-hydrogen) atoms. The lowest BCUT2D eigenvalue weighted by Crippen LogP contribution is -1.89. The van der Waals surface area contributed by atoms with E-state index in [-0.39, 0.29) is 5.82 Å². The van der Waals surface area contributed by atoms with E-state index in [4.69, 9.17) is 0 Å². The predicted octanol–water partition coefficient (Wildman–Crippen LogP) is 4.39. The van der Waals surface area contributed by atoms with Gasteiger partial charge in [-0.05, 0) is 48.9 Å². The van der Waals surface area contributed by atoms with Crippen LogP contribution >= 0.6 is 0 Å². The lowest BCUT2D eigenvalue weighted by molar-refractivity contribution is 0.623. The van der Waals surface area contributed by atoms with Gasteiger partial charge < -0.3 is 0 Å². The largest absolute Gasteiger partial charge is 0.207 e. The van der Waals surface area contributed by atoms with E-state index in [0.29, 0.717) is 0 Å². The molecule has 0 aliphatic carbocycles. The van der Waals surface area contributed by atoms with Crippen molar-refractivity contribution in [2.75, 3.05) is 0 Å². The Balaban J connectivity index is 1.73. The highest BCUT2D eigenvalue weighted by molar-refractivity contribution is 5.17. The summed E-state index contributed by atoms with van der Waals surface area (Å²) in [5.74, 6) is -0.134. The van der Waals surface area contributed by atoms with E-state index in [2.05, 4.69) is 24.3 Å². The molecule has 0 fully saturated rings. The molecular formula is C16H17F. The molecule has 2 aromatic rings. The number of hydrogen-bond donors (Lipinski definition) is 0. The van der Waals surface area contributed by atoms with Crippen molar-refractivity contribution in [2.24, 2.45) is 0 Å². The van der Waals surface area contributed by atoms with Gasteiger partial charge in [-0.25, -0.2) is 4.39 Å². The van der Waals surface area contributed by atoms with Gasteiger partial charge in [0.15, 0.2) is 0 Å². The molecule has 0 heterocycles. The predicted molar refractivity (Wildman–Crippen MR) is 69.5 cm³/mol. The van der Waals surface area contributed by atoms with Crippen molar-refractivity contribution in [3.8, 4) is 0 Å². The zero-order valence-corrected chi connectivity index (χ0v) is 9.90. The van der Waals surface area contributed by atoms with Crippen molar-refractivity contribution in [3.05, 3.63) is 71.5 Å². The first kappa shape index (κ1) is 11.8. The quantitative estimate of drug-likeness (QED) is 0.666. The molecule has 0 spiro atoms. The molecule has 0 atom stereocenters. The summed E-state index contributed by atoms with van der Waals surface area (Å²) in [6.07, 6.45) is 4.33. The van der Waals surface area contributed by atoms with Gasteiger partial charge >= 0.3 is 0 Å². The number of aryl methyl sites for hydroxylation is 2. The Morgan fingerprint density at radius 3 is 2.06 bits per heavy atom. The zero-order chi connectivity index (χ0) is 11.9. The van der Waals surface area contributed by atoms with Crippen LogP contribution in [0.1, 0.15) is 24.0 Å². The van der Waals surface area contributed by atoms with E-state index >= 15 is 0 Å². The standard InChI is InChI=1S/C16H17F/c17-16-12-6-11-15(13-16)10-5-4-9-14-7-2-1-3-8-14/h1-3,6-8,11-13H,4-5,9-10H2. The molecule has 2 rings (SSSR count). The average Bonchev–Trinajstić information content (AvgIpc) is 2.36. The minimum atomic E-state index is -0.134. The van der Waals surface area contributed by atoms with E-state index in [1.165, 1.54) is 11.6 Å². The van der Waals surface area contributed by atoms with Gasteiger partial charge in [0.1, 0.15) is 5.82 Å². The maximum atomic E-state index is 12.9. The molecule has 0 amide bonds. The van der Waals surface area contributed by atoms with Gasteiger partial charge in [0.25, 0.3) is 0 Å². The summed E-state index contributed by atoms with van der Waals surface area (Å²) in [6, 6.07) is 17.4. The molecule has 0 radical (unpaired) electrons. The fraction of sp³-hybridized carbons (Fsp3) is 0.250. The molecule has 0 N–H and O–H groups in total. The summed E-state index contributed by atoms with van der Waals surface area (Å²) in [5.41, 5.74) is 2.48. The summed E-state index contributed by atoms with van der Waals surface area (Å²) in [7, 11) is 0. The van der Waals surface area contributed by atoms with Crippen LogP contribution in [-0.4, -0.2) is 0 Å². The topological polar surface area (TPSA) is 0 Å². The number of rotatable bonds is 5. The molecule has 0 aliphatic rings. The number of unbranched alkanes of at least 4 members (excludes halogenated alkanes) is 1. The molecular weight excluding hydrogens is 211 g/mol. The summed E-state index contributed by atoms with van der Waals surface area (Å²) in [5, 5.41) is 0. The summed E-state index contributed by atoms with van der Waals surface area (Å²) < 4.78 is 12.9. The van der Waals surface area contributed by atoms with Crippen molar-refractivity contribution in [3.63, 3.8) is 0 Å². The smallest absolute Gasteiger partial charge is 0.123 e. The van der Waals surface area contributed by atoms with Gasteiger partial charge in [0, 0.05) is 0 Å². The van der Waals surface area contributed by atoms with Crippen molar-refractivity contribution in [1.82, 2.24) is 0 Å². The van der Waals surface area contributed by atoms with Crippen molar-refractivity contribution >= 4 is 0 Å².